The van der Waals surface area contributed by atoms with Crippen molar-refractivity contribution in [1.29, 1.82) is 5.26 Å². The minimum atomic E-state index is -0.655. The number of nitrogens with zero attached hydrogens (tertiary/aromatic N) is 1. The quantitative estimate of drug-likeness (QED) is 0.792. The van der Waals surface area contributed by atoms with Crippen molar-refractivity contribution in [3.63, 3.8) is 0 Å². The van der Waals surface area contributed by atoms with Crippen molar-refractivity contribution in [2.24, 2.45) is 0 Å². The van der Waals surface area contributed by atoms with E-state index in [0.717, 1.165) is 12.0 Å². The predicted octanol–water partition coefficient (Wildman–Crippen LogP) is 3.25. The van der Waals surface area contributed by atoms with Crippen LogP contribution in [0.4, 0.5) is 0 Å². The molecule has 0 amide bonds. The van der Waals surface area contributed by atoms with E-state index in [1.807, 2.05) is 26.8 Å². The van der Waals surface area contributed by atoms with Crippen LogP contribution in [-0.4, -0.2) is 24.4 Å². The van der Waals surface area contributed by atoms with E-state index in [1.54, 1.807) is 12.1 Å². The van der Waals surface area contributed by atoms with Crippen LogP contribution in [0.3, 0.4) is 0 Å². The molecule has 0 bridgehead atoms. The van der Waals surface area contributed by atoms with E-state index in [4.69, 9.17) is 9.47 Å². The Morgan fingerprint density at radius 2 is 1.80 bits per heavy atom. The Morgan fingerprint density at radius 3 is 2.35 bits per heavy atom. The van der Waals surface area contributed by atoms with E-state index in [-0.39, 0.29) is 0 Å². The standard InChI is InChI=1S/C16H23NO3/c1-4-7-14(18)13(11-17)12-8-9-15(19-5-2)16(10-12)20-6-3/h8-10,13-14,18H,4-7H2,1-3H3. The fourth-order valence-electron chi connectivity index (χ4n) is 2.11. The van der Waals surface area contributed by atoms with Gasteiger partial charge in [-0.1, -0.05) is 19.4 Å². The molecule has 110 valence electrons. The van der Waals surface area contributed by atoms with Gasteiger partial charge in [0.2, 0.25) is 0 Å². The van der Waals surface area contributed by atoms with Crippen molar-refractivity contribution in [3.8, 4) is 17.6 Å². The number of aliphatic hydroxyl groups excluding tert-OH is 1. The molecule has 1 aromatic carbocycles. The van der Waals surface area contributed by atoms with Crippen LogP contribution in [0, 0.1) is 11.3 Å². The highest BCUT2D eigenvalue weighted by molar-refractivity contribution is 5.45. The molecule has 0 fully saturated rings. The lowest BCUT2D eigenvalue weighted by Gasteiger charge is -2.18. The van der Waals surface area contributed by atoms with Gasteiger partial charge in [0, 0.05) is 0 Å². The van der Waals surface area contributed by atoms with Gasteiger partial charge in [0.1, 0.15) is 0 Å². The first kappa shape index (κ1) is 16.3. The van der Waals surface area contributed by atoms with Gasteiger partial charge in [-0.15, -0.1) is 0 Å². The molecule has 0 heterocycles. The molecular weight excluding hydrogens is 254 g/mol. The van der Waals surface area contributed by atoms with Crippen LogP contribution in [0.2, 0.25) is 0 Å². The topological polar surface area (TPSA) is 62.5 Å². The second-order valence-electron chi connectivity index (χ2n) is 4.53. The lowest BCUT2D eigenvalue weighted by Crippen LogP contribution is -2.17. The molecular formula is C16H23NO3. The van der Waals surface area contributed by atoms with Crippen molar-refractivity contribution in [1.82, 2.24) is 0 Å². The highest BCUT2D eigenvalue weighted by Gasteiger charge is 2.21. The van der Waals surface area contributed by atoms with Gasteiger partial charge in [-0.3, -0.25) is 0 Å². The Bertz CT molecular complexity index is 454. The third-order valence-electron chi connectivity index (χ3n) is 3.03. The van der Waals surface area contributed by atoms with E-state index in [9.17, 15) is 10.4 Å². The maximum Gasteiger partial charge on any atom is 0.161 e. The van der Waals surface area contributed by atoms with E-state index in [0.29, 0.717) is 31.1 Å². The monoisotopic (exact) mass is 277 g/mol. The highest BCUT2D eigenvalue weighted by atomic mass is 16.5. The summed E-state index contributed by atoms with van der Waals surface area (Å²) >= 11 is 0. The van der Waals surface area contributed by atoms with Gasteiger partial charge in [-0.2, -0.15) is 5.26 Å². The SMILES string of the molecule is CCCC(O)C(C#N)c1ccc(OCC)c(OCC)c1. The molecule has 0 aliphatic heterocycles. The van der Waals surface area contributed by atoms with Gasteiger partial charge in [-0.25, -0.2) is 0 Å². The van der Waals surface area contributed by atoms with Crippen molar-refractivity contribution in [2.45, 2.75) is 45.6 Å². The molecule has 0 saturated carbocycles. The van der Waals surface area contributed by atoms with Gasteiger partial charge in [0.05, 0.1) is 31.3 Å². The van der Waals surface area contributed by atoms with Crippen LogP contribution in [0.5, 0.6) is 11.5 Å². The molecule has 1 N–H and O–H groups in total. The molecule has 2 unspecified atom stereocenters. The third kappa shape index (κ3) is 4.14. The summed E-state index contributed by atoms with van der Waals surface area (Å²) in [5.74, 6) is 0.750. The molecule has 0 aliphatic rings. The van der Waals surface area contributed by atoms with E-state index < -0.39 is 12.0 Å². The number of rotatable bonds is 8. The fraction of sp³-hybridized carbons (Fsp3) is 0.562. The van der Waals surface area contributed by atoms with Crippen molar-refractivity contribution < 1.29 is 14.6 Å². The van der Waals surface area contributed by atoms with Gasteiger partial charge in [0.25, 0.3) is 0 Å². The number of aliphatic hydroxyl groups is 1. The molecule has 1 aromatic rings. The summed E-state index contributed by atoms with van der Waals surface area (Å²) in [6.45, 7) is 6.88. The first-order valence-corrected chi connectivity index (χ1v) is 7.15. The molecule has 2 atom stereocenters. The largest absolute Gasteiger partial charge is 0.490 e. The number of nitriles is 1. The Kier molecular flexibility index (Phi) is 6.89. The maximum atomic E-state index is 10.1. The van der Waals surface area contributed by atoms with Crippen molar-refractivity contribution in [3.05, 3.63) is 23.8 Å². The number of hydrogen-bond donors (Lipinski definition) is 1. The first-order valence-electron chi connectivity index (χ1n) is 7.15. The minimum Gasteiger partial charge on any atom is -0.490 e. The second kappa shape index (κ2) is 8.44. The first-order chi connectivity index (χ1) is 9.67. The molecule has 4 heteroatoms. The number of benzene rings is 1. The van der Waals surface area contributed by atoms with Crippen LogP contribution in [0.25, 0.3) is 0 Å². The van der Waals surface area contributed by atoms with Gasteiger partial charge >= 0.3 is 0 Å². The summed E-state index contributed by atoms with van der Waals surface area (Å²) in [7, 11) is 0. The van der Waals surface area contributed by atoms with Gasteiger partial charge in [-0.05, 0) is 38.0 Å². The smallest absolute Gasteiger partial charge is 0.161 e. The van der Waals surface area contributed by atoms with E-state index >= 15 is 0 Å². The minimum absolute atomic E-state index is 0.526. The Hall–Kier alpha value is -1.73. The summed E-state index contributed by atoms with van der Waals surface area (Å²) in [5.41, 5.74) is 0.764. The zero-order valence-corrected chi connectivity index (χ0v) is 12.4. The van der Waals surface area contributed by atoms with Crippen LogP contribution < -0.4 is 9.47 Å². The molecule has 0 aromatic heterocycles. The molecule has 0 aliphatic carbocycles. The highest BCUT2D eigenvalue weighted by Crippen LogP contribution is 2.32. The predicted molar refractivity (Wildman–Crippen MR) is 78.0 cm³/mol. The lowest BCUT2D eigenvalue weighted by molar-refractivity contribution is 0.150. The van der Waals surface area contributed by atoms with Crippen molar-refractivity contribution >= 4 is 0 Å². The summed E-state index contributed by atoms with van der Waals surface area (Å²) in [6, 6.07) is 7.59. The van der Waals surface area contributed by atoms with Crippen molar-refractivity contribution in [2.75, 3.05) is 13.2 Å². The molecule has 4 nitrogen and oxygen atoms in total. The molecule has 0 saturated heterocycles. The zero-order valence-electron chi connectivity index (χ0n) is 12.4. The average Bonchev–Trinajstić information content (AvgIpc) is 2.43. The van der Waals surface area contributed by atoms with Gasteiger partial charge in [0.15, 0.2) is 11.5 Å². The zero-order chi connectivity index (χ0) is 15.0. The average molecular weight is 277 g/mol. The Morgan fingerprint density at radius 1 is 1.15 bits per heavy atom. The number of ether oxygens (including phenoxy) is 2. The maximum absolute atomic E-state index is 10.1. The fourth-order valence-corrected chi connectivity index (χ4v) is 2.11. The Labute approximate surface area is 120 Å². The molecule has 0 spiro atoms. The lowest BCUT2D eigenvalue weighted by atomic mass is 9.92. The second-order valence-corrected chi connectivity index (χ2v) is 4.53. The Balaban J connectivity index is 3.05. The van der Waals surface area contributed by atoms with Gasteiger partial charge < -0.3 is 14.6 Å². The number of hydrogen-bond acceptors (Lipinski definition) is 4. The van der Waals surface area contributed by atoms with Crippen LogP contribution in [-0.2, 0) is 0 Å². The third-order valence-corrected chi connectivity index (χ3v) is 3.03. The summed E-state index contributed by atoms with van der Waals surface area (Å²) in [4.78, 5) is 0. The summed E-state index contributed by atoms with van der Waals surface area (Å²) in [5, 5.41) is 19.3. The van der Waals surface area contributed by atoms with Crippen LogP contribution >= 0.6 is 0 Å². The van der Waals surface area contributed by atoms with Crippen LogP contribution in [0.15, 0.2) is 18.2 Å². The molecule has 20 heavy (non-hydrogen) atoms. The normalized spacial score (nSPS) is 13.3. The van der Waals surface area contributed by atoms with E-state index in [2.05, 4.69) is 6.07 Å². The molecule has 1 rings (SSSR count). The summed E-state index contributed by atoms with van der Waals surface area (Å²) < 4.78 is 11.0. The molecule has 0 radical (unpaired) electrons. The van der Waals surface area contributed by atoms with E-state index in [1.165, 1.54) is 0 Å². The van der Waals surface area contributed by atoms with Crippen LogP contribution in [0.1, 0.15) is 45.1 Å². The summed E-state index contributed by atoms with van der Waals surface area (Å²) in [6.07, 6.45) is 0.793.